The lowest BCUT2D eigenvalue weighted by Crippen LogP contribution is -2.46. The number of hydrogen-bond donors (Lipinski definition) is 0. The monoisotopic (exact) mass is 420 g/mol. The topological polar surface area (TPSA) is 58.0 Å². The largest absolute Gasteiger partial charge is 0.352 e. The van der Waals surface area contributed by atoms with E-state index in [1.807, 2.05) is 0 Å². The Morgan fingerprint density at radius 2 is 1.50 bits per heavy atom. The summed E-state index contributed by atoms with van der Waals surface area (Å²) in [6.45, 7) is 5.84. The summed E-state index contributed by atoms with van der Waals surface area (Å²) in [7, 11) is 0. The molecule has 5 rings (SSSR count). The average molecular weight is 421 g/mol. The molecule has 0 atom stereocenters. The predicted octanol–water partition coefficient (Wildman–Crippen LogP) is 4.68. The summed E-state index contributed by atoms with van der Waals surface area (Å²) in [6, 6.07) is 12.6. The molecule has 1 aliphatic carbocycles. The highest BCUT2D eigenvalue weighted by Crippen LogP contribution is 2.36. The molecule has 0 spiro atoms. The van der Waals surface area contributed by atoms with Crippen LogP contribution in [-0.2, 0) is 0 Å². The maximum Gasteiger partial charge on any atom is 0.208 e. The molecule has 2 aromatic heterocycles. The highest BCUT2D eigenvalue weighted by molar-refractivity contribution is 7.15. The third-order valence-corrected chi connectivity index (χ3v) is 7.40. The van der Waals surface area contributed by atoms with Gasteiger partial charge in [0.1, 0.15) is 5.01 Å². The second-order valence-electron chi connectivity index (χ2n) is 8.37. The first-order chi connectivity index (χ1) is 14.8. The fourth-order valence-electron chi connectivity index (χ4n) is 4.37. The molecule has 1 aliphatic heterocycles. The third kappa shape index (κ3) is 4.17. The molecule has 1 saturated heterocycles. The minimum atomic E-state index is 0.633. The van der Waals surface area contributed by atoms with E-state index in [2.05, 4.69) is 73.5 Å². The lowest BCUT2D eigenvalue weighted by molar-refractivity contribution is 0.440. The molecule has 7 heteroatoms. The SMILES string of the molecule is Cc1ccc(-c2ccc(N3CCN(c4nnc(C5CCCCC5)s4)CC3)nn2)cc1. The smallest absolute Gasteiger partial charge is 0.208 e. The van der Waals surface area contributed by atoms with Crippen LogP contribution >= 0.6 is 11.3 Å². The van der Waals surface area contributed by atoms with Gasteiger partial charge in [-0.2, -0.15) is 0 Å². The Hall–Kier alpha value is -2.54. The van der Waals surface area contributed by atoms with Gasteiger partial charge in [-0.15, -0.1) is 20.4 Å². The summed E-state index contributed by atoms with van der Waals surface area (Å²) >= 11 is 1.80. The van der Waals surface area contributed by atoms with Crippen LogP contribution in [0.2, 0.25) is 0 Å². The minimum Gasteiger partial charge on any atom is -0.352 e. The number of hydrogen-bond acceptors (Lipinski definition) is 7. The van der Waals surface area contributed by atoms with Crippen molar-refractivity contribution in [2.45, 2.75) is 44.9 Å². The van der Waals surface area contributed by atoms with Crippen LogP contribution in [-0.4, -0.2) is 46.6 Å². The van der Waals surface area contributed by atoms with E-state index < -0.39 is 0 Å². The number of nitrogens with zero attached hydrogens (tertiary/aromatic N) is 6. The molecular weight excluding hydrogens is 392 g/mol. The maximum atomic E-state index is 4.53. The van der Waals surface area contributed by atoms with Crippen LogP contribution < -0.4 is 9.80 Å². The first-order valence-corrected chi connectivity index (χ1v) is 11.8. The Bertz CT molecular complexity index is 954. The quantitative estimate of drug-likeness (QED) is 0.611. The van der Waals surface area contributed by atoms with Crippen LogP contribution in [0.3, 0.4) is 0 Å². The number of piperazine rings is 1. The number of anilines is 2. The molecule has 156 valence electrons. The van der Waals surface area contributed by atoms with Gasteiger partial charge in [0, 0.05) is 37.7 Å². The van der Waals surface area contributed by atoms with Gasteiger partial charge < -0.3 is 9.80 Å². The predicted molar refractivity (Wildman–Crippen MR) is 122 cm³/mol. The van der Waals surface area contributed by atoms with Crippen LogP contribution in [0.15, 0.2) is 36.4 Å². The molecule has 0 amide bonds. The van der Waals surface area contributed by atoms with E-state index in [-0.39, 0.29) is 0 Å². The molecule has 2 fully saturated rings. The zero-order valence-electron chi connectivity index (χ0n) is 17.5. The zero-order chi connectivity index (χ0) is 20.3. The highest BCUT2D eigenvalue weighted by atomic mass is 32.1. The minimum absolute atomic E-state index is 0.633. The fraction of sp³-hybridized carbons (Fsp3) is 0.478. The van der Waals surface area contributed by atoms with Crippen LogP contribution in [0, 0.1) is 6.92 Å². The van der Waals surface area contributed by atoms with Gasteiger partial charge in [0.25, 0.3) is 0 Å². The van der Waals surface area contributed by atoms with Crippen molar-refractivity contribution < 1.29 is 0 Å². The van der Waals surface area contributed by atoms with Gasteiger partial charge in [0.05, 0.1) is 5.69 Å². The number of benzene rings is 1. The Kier molecular flexibility index (Phi) is 5.62. The summed E-state index contributed by atoms with van der Waals surface area (Å²) in [5.41, 5.74) is 3.28. The lowest BCUT2D eigenvalue weighted by atomic mass is 9.90. The molecule has 0 radical (unpaired) electrons. The van der Waals surface area contributed by atoms with Crippen molar-refractivity contribution in [2.75, 3.05) is 36.0 Å². The summed E-state index contributed by atoms with van der Waals surface area (Å²) in [5, 5.41) is 20.3. The number of rotatable bonds is 4. The molecule has 0 N–H and O–H groups in total. The van der Waals surface area contributed by atoms with Crippen molar-refractivity contribution in [3.05, 3.63) is 47.0 Å². The third-order valence-electron chi connectivity index (χ3n) is 6.26. The summed E-state index contributed by atoms with van der Waals surface area (Å²) in [4.78, 5) is 4.68. The van der Waals surface area contributed by atoms with Crippen LogP contribution in [0.1, 0.15) is 48.6 Å². The fourth-order valence-corrected chi connectivity index (χ4v) is 5.43. The first kappa shape index (κ1) is 19.4. The standard InChI is InChI=1S/C23H28N6S/c1-17-7-9-18(10-8-17)20-11-12-21(25-24-20)28-13-15-29(16-14-28)23-27-26-22(30-23)19-5-3-2-4-6-19/h7-12,19H,2-6,13-16H2,1H3. The second-order valence-corrected chi connectivity index (χ2v) is 9.36. The van der Waals surface area contributed by atoms with Gasteiger partial charge in [-0.05, 0) is 31.9 Å². The van der Waals surface area contributed by atoms with Gasteiger partial charge in [-0.25, -0.2) is 0 Å². The Labute approximate surface area is 182 Å². The normalized spacial score (nSPS) is 18.0. The lowest BCUT2D eigenvalue weighted by Gasteiger charge is -2.34. The summed E-state index contributed by atoms with van der Waals surface area (Å²) in [6.07, 6.45) is 6.60. The van der Waals surface area contributed by atoms with Gasteiger partial charge in [-0.1, -0.05) is 60.4 Å². The van der Waals surface area contributed by atoms with Crippen LogP contribution in [0.25, 0.3) is 11.3 Å². The molecule has 1 aromatic carbocycles. The number of aryl methyl sites for hydroxylation is 1. The van der Waals surface area contributed by atoms with Gasteiger partial charge in [-0.3, -0.25) is 0 Å². The molecule has 3 heterocycles. The zero-order valence-corrected chi connectivity index (χ0v) is 18.3. The molecule has 3 aromatic rings. The van der Waals surface area contributed by atoms with Gasteiger partial charge in [0.15, 0.2) is 5.82 Å². The van der Waals surface area contributed by atoms with Crippen molar-refractivity contribution in [1.29, 1.82) is 0 Å². The van der Waals surface area contributed by atoms with E-state index in [0.717, 1.165) is 48.4 Å². The molecule has 2 aliphatic rings. The summed E-state index contributed by atoms with van der Waals surface area (Å²) in [5.74, 6) is 1.58. The Morgan fingerprint density at radius 3 is 2.20 bits per heavy atom. The van der Waals surface area contributed by atoms with E-state index in [4.69, 9.17) is 0 Å². The molecule has 30 heavy (non-hydrogen) atoms. The summed E-state index contributed by atoms with van der Waals surface area (Å²) < 4.78 is 0. The molecular formula is C23H28N6S. The number of aromatic nitrogens is 4. The van der Waals surface area contributed by atoms with E-state index >= 15 is 0 Å². The van der Waals surface area contributed by atoms with E-state index in [0.29, 0.717) is 5.92 Å². The molecule has 1 saturated carbocycles. The van der Waals surface area contributed by atoms with E-state index in [1.54, 1.807) is 11.3 Å². The van der Waals surface area contributed by atoms with Crippen molar-refractivity contribution >= 4 is 22.3 Å². The molecule has 0 unspecified atom stereocenters. The average Bonchev–Trinajstić information content (AvgIpc) is 3.31. The second kappa shape index (κ2) is 8.68. The van der Waals surface area contributed by atoms with Crippen molar-refractivity contribution in [1.82, 2.24) is 20.4 Å². The van der Waals surface area contributed by atoms with Crippen LogP contribution in [0.5, 0.6) is 0 Å². The highest BCUT2D eigenvalue weighted by Gasteiger charge is 2.24. The van der Waals surface area contributed by atoms with Crippen LogP contribution in [0.4, 0.5) is 10.9 Å². The Morgan fingerprint density at radius 1 is 0.767 bits per heavy atom. The van der Waals surface area contributed by atoms with Crippen molar-refractivity contribution in [3.8, 4) is 11.3 Å². The first-order valence-electron chi connectivity index (χ1n) is 11.0. The van der Waals surface area contributed by atoms with Gasteiger partial charge >= 0.3 is 0 Å². The maximum absolute atomic E-state index is 4.53. The van der Waals surface area contributed by atoms with E-state index in [9.17, 15) is 0 Å². The van der Waals surface area contributed by atoms with Crippen molar-refractivity contribution in [3.63, 3.8) is 0 Å². The van der Waals surface area contributed by atoms with Gasteiger partial charge in [0.2, 0.25) is 5.13 Å². The van der Waals surface area contributed by atoms with Crippen molar-refractivity contribution in [2.24, 2.45) is 0 Å². The molecule has 6 nitrogen and oxygen atoms in total. The molecule has 0 bridgehead atoms. The Balaban J connectivity index is 1.20. The van der Waals surface area contributed by atoms with E-state index in [1.165, 1.54) is 42.7 Å².